The molecule has 1 aliphatic heterocycles. The van der Waals surface area contributed by atoms with Crippen LogP contribution in [-0.4, -0.2) is 47.8 Å². The molecule has 1 fully saturated rings. The zero-order valence-corrected chi connectivity index (χ0v) is 22.3. The van der Waals surface area contributed by atoms with Crippen molar-refractivity contribution in [3.63, 3.8) is 0 Å². The molecule has 0 atom stereocenters. The third kappa shape index (κ3) is 6.45. The van der Waals surface area contributed by atoms with Crippen LogP contribution in [0.15, 0.2) is 115 Å². The summed E-state index contributed by atoms with van der Waals surface area (Å²) in [4.78, 5) is 30.5. The average Bonchev–Trinajstić information content (AvgIpc) is 2.98. The largest absolute Gasteiger partial charge is 0.336 e. The molecule has 6 heteroatoms. The van der Waals surface area contributed by atoms with E-state index in [1.807, 2.05) is 47.4 Å². The molecule has 0 bridgehead atoms. The van der Waals surface area contributed by atoms with Crippen LogP contribution >= 0.6 is 11.6 Å². The first-order chi connectivity index (χ1) is 19.1. The number of carbonyl (C=O) groups is 2. The predicted molar refractivity (Wildman–Crippen MR) is 158 cm³/mol. The first-order valence-corrected chi connectivity index (χ1v) is 13.4. The number of hydrogen-bond acceptors (Lipinski definition) is 3. The maximum absolute atomic E-state index is 13.6. The van der Waals surface area contributed by atoms with Gasteiger partial charge in [0.2, 0.25) is 5.91 Å². The highest BCUT2D eigenvalue weighted by molar-refractivity contribution is 6.32. The number of anilines is 1. The molecule has 196 valence electrons. The number of hydrogen-bond donors (Lipinski definition) is 1. The third-order valence-electron chi connectivity index (χ3n) is 6.93. The van der Waals surface area contributed by atoms with E-state index in [0.29, 0.717) is 29.4 Å². The molecule has 4 aromatic rings. The quantitative estimate of drug-likeness (QED) is 0.273. The van der Waals surface area contributed by atoms with Crippen LogP contribution in [0.25, 0.3) is 6.08 Å². The Balaban J connectivity index is 1.27. The number of para-hydroxylation sites is 1. The molecular weight excluding hydrogens is 506 g/mol. The van der Waals surface area contributed by atoms with Gasteiger partial charge in [0.05, 0.1) is 17.3 Å². The highest BCUT2D eigenvalue weighted by atomic mass is 35.5. The zero-order chi connectivity index (χ0) is 27.0. The van der Waals surface area contributed by atoms with Crippen LogP contribution in [0.3, 0.4) is 0 Å². The lowest BCUT2D eigenvalue weighted by Gasteiger charge is -2.40. The van der Waals surface area contributed by atoms with E-state index in [0.717, 1.165) is 18.7 Å². The van der Waals surface area contributed by atoms with Gasteiger partial charge in [-0.1, -0.05) is 103 Å². The summed E-state index contributed by atoms with van der Waals surface area (Å²) in [5, 5.41) is 3.43. The van der Waals surface area contributed by atoms with E-state index in [9.17, 15) is 9.59 Å². The number of nitrogens with zero attached hydrogens (tertiary/aromatic N) is 2. The predicted octanol–water partition coefficient (Wildman–Crippen LogP) is 6.54. The minimum atomic E-state index is -0.325. The summed E-state index contributed by atoms with van der Waals surface area (Å²) in [6, 6.07) is 35.6. The lowest BCUT2D eigenvalue weighted by atomic mass is 9.96. The molecule has 1 saturated heterocycles. The standard InChI is InChI=1S/C33H30ClN3O2/c34-29-17-9-7-11-25(29)19-20-31(38)35-30-18-10-8-16-28(30)33(39)37-23-21-36(22-24-37)32(26-12-3-1-4-13-26)27-14-5-2-6-15-27/h1-20,32H,21-24H2,(H,35,38)/b20-19+. The van der Waals surface area contributed by atoms with E-state index in [2.05, 4.69) is 58.7 Å². The van der Waals surface area contributed by atoms with Crippen LogP contribution in [0.5, 0.6) is 0 Å². The van der Waals surface area contributed by atoms with Crippen LogP contribution in [0, 0.1) is 0 Å². The van der Waals surface area contributed by atoms with Gasteiger partial charge in [-0.3, -0.25) is 14.5 Å². The number of rotatable bonds is 7. The van der Waals surface area contributed by atoms with Gasteiger partial charge in [0, 0.05) is 37.3 Å². The first-order valence-electron chi connectivity index (χ1n) is 13.1. The molecule has 39 heavy (non-hydrogen) atoms. The van der Waals surface area contributed by atoms with Gasteiger partial charge in [0.25, 0.3) is 5.91 Å². The SMILES string of the molecule is O=C(/C=C/c1ccccc1Cl)Nc1ccccc1C(=O)N1CCN(C(c2ccccc2)c2ccccc2)CC1. The van der Waals surface area contributed by atoms with Crippen molar-refractivity contribution in [3.05, 3.63) is 143 Å². The Morgan fingerprint density at radius 3 is 1.92 bits per heavy atom. The van der Waals surface area contributed by atoms with Gasteiger partial charge in [0.1, 0.15) is 0 Å². The lowest BCUT2D eigenvalue weighted by Crippen LogP contribution is -2.50. The maximum atomic E-state index is 13.6. The molecule has 0 aromatic heterocycles. The van der Waals surface area contributed by atoms with Crippen molar-refractivity contribution in [1.82, 2.24) is 9.80 Å². The number of nitrogens with one attached hydrogen (secondary N) is 1. The minimum Gasteiger partial charge on any atom is -0.336 e. The van der Waals surface area contributed by atoms with E-state index in [1.165, 1.54) is 17.2 Å². The fraction of sp³-hybridized carbons (Fsp3) is 0.152. The molecule has 5 rings (SSSR count). The number of halogens is 1. The smallest absolute Gasteiger partial charge is 0.256 e. The van der Waals surface area contributed by atoms with Gasteiger partial charge in [-0.05, 0) is 41.0 Å². The van der Waals surface area contributed by atoms with E-state index in [1.54, 1.807) is 24.3 Å². The van der Waals surface area contributed by atoms with E-state index in [-0.39, 0.29) is 17.9 Å². The van der Waals surface area contributed by atoms with Crippen molar-refractivity contribution in [2.45, 2.75) is 6.04 Å². The van der Waals surface area contributed by atoms with Crippen LogP contribution < -0.4 is 5.32 Å². The monoisotopic (exact) mass is 535 g/mol. The number of amides is 2. The average molecular weight is 536 g/mol. The van der Waals surface area contributed by atoms with Crippen LogP contribution in [0.1, 0.15) is 33.1 Å². The van der Waals surface area contributed by atoms with Crippen LogP contribution in [-0.2, 0) is 4.79 Å². The van der Waals surface area contributed by atoms with Gasteiger partial charge in [-0.25, -0.2) is 0 Å². The summed E-state index contributed by atoms with van der Waals surface area (Å²) >= 11 is 6.18. The second-order valence-electron chi connectivity index (χ2n) is 9.44. The molecule has 1 N–H and O–H groups in total. The van der Waals surface area contributed by atoms with E-state index < -0.39 is 0 Å². The van der Waals surface area contributed by atoms with Gasteiger partial charge in [-0.15, -0.1) is 0 Å². The Morgan fingerprint density at radius 2 is 1.28 bits per heavy atom. The number of benzene rings is 4. The van der Waals surface area contributed by atoms with Gasteiger partial charge < -0.3 is 10.2 Å². The van der Waals surface area contributed by atoms with Crippen molar-refractivity contribution in [2.75, 3.05) is 31.5 Å². The molecule has 5 nitrogen and oxygen atoms in total. The highest BCUT2D eigenvalue weighted by Crippen LogP contribution is 2.30. The molecule has 0 saturated carbocycles. The van der Waals surface area contributed by atoms with Crippen molar-refractivity contribution in [3.8, 4) is 0 Å². The summed E-state index contributed by atoms with van der Waals surface area (Å²) in [5.74, 6) is -0.412. The molecule has 4 aromatic carbocycles. The summed E-state index contributed by atoms with van der Waals surface area (Å²) in [6.45, 7) is 2.69. The lowest BCUT2D eigenvalue weighted by molar-refractivity contribution is -0.111. The Hall–Kier alpha value is -4.19. The number of piperazine rings is 1. The Morgan fingerprint density at radius 1 is 0.718 bits per heavy atom. The van der Waals surface area contributed by atoms with Crippen molar-refractivity contribution < 1.29 is 9.59 Å². The molecule has 2 amide bonds. The number of carbonyl (C=O) groups excluding carboxylic acids is 2. The third-order valence-corrected chi connectivity index (χ3v) is 7.28. The Kier molecular flexibility index (Phi) is 8.51. The second-order valence-corrected chi connectivity index (χ2v) is 9.85. The normalized spacial score (nSPS) is 14.1. The molecule has 0 aliphatic carbocycles. The minimum absolute atomic E-state index is 0.0865. The summed E-state index contributed by atoms with van der Waals surface area (Å²) in [5.41, 5.74) is 4.20. The summed E-state index contributed by atoms with van der Waals surface area (Å²) < 4.78 is 0. The molecular formula is C33H30ClN3O2. The zero-order valence-electron chi connectivity index (χ0n) is 21.5. The molecule has 0 spiro atoms. The van der Waals surface area contributed by atoms with Crippen molar-refractivity contribution in [1.29, 1.82) is 0 Å². The van der Waals surface area contributed by atoms with E-state index in [4.69, 9.17) is 11.6 Å². The first kappa shape index (κ1) is 26.4. The second kappa shape index (κ2) is 12.6. The van der Waals surface area contributed by atoms with Crippen LogP contribution in [0.4, 0.5) is 5.69 Å². The van der Waals surface area contributed by atoms with Crippen molar-refractivity contribution in [2.24, 2.45) is 0 Å². The molecule has 0 unspecified atom stereocenters. The maximum Gasteiger partial charge on any atom is 0.256 e. The van der Waals surface area contributed by atoms with Crippen molar-refractivity contribution >= 4 is 35.2 Å². The Bertz CT molecular complexity index is 1410. The Labute approximate surface area is 234 Å². The van der Waals surface area contributed by atoms with Crippen LogP contribution in [0.2, 0.25) is 5.02 Å². The molecule has 0 radical (unpaired) electrons. The fourth-order valence-corrected chi connectivity index (χ4v) is 5.17. The molecule has 1 aliphatic rings. The van der Waals surface area contributed by atoms with Gasteiger partial charge in [-0.2, -0.15) is 0 Å². The van der Waals surface area contributed by atoms with Gasteiger partial charge >= 0.3 is 0 Å². The molecule has 1 heterocycles. The summed E-state index contributed by atoms with van der Waals surface area (Å²) in [6.07, 6.45) is 3.09. The topological polar surface area (TPSA) is 52.7 Å². The van der Waals surface area contributed by atoms with Gasteiger partial charge in [0.15, 0.2) is 0 Å². The highest BCUT2D eigenvalue weighted by Gasteiger charge is 2.29. The van der Waals surface area contributed by atoms with E-state index >= 15 is 0 Å². The summed E-state index contributed by atoms with van der Waals surface area (Å²) in [7, 11) is 0. The fourth-order valence-electron chi connectivity index (χ4n) is 4.97.